The SMILES string of the molecule is C/C=C\C=C(/C)n1c(-c2cc(-c3nc4ccccc4n3-c3ccccc3)cc(-c3nc4ccccc4n3-c3ccccc3)c2)nc2ccccc21. The summed E-state index contributed by atoms with van der Waals surface area (Å²) in [6.45, 7) is 4.16. The summed E-state index contributed by atoms with van der Waals surface area (Å²) in [4.78, 5) is 15.8. The first kappa shape index (κ1) is 30.3. The zero-order valence-corrected chi connectivity index (χ0v) is 28.3. The van der Waals surface area contributed by atoms with E-state index in [9.17, 15) is 0 Å². The third-order valence-corrected chi connectivity index (χ3v) is 9.30. The number of aromatic nitrogens is 6. The summed E-state index contributed by atoms with van der Waals surface area (Å²) < 4.78 is 6.75. The largest absolute Gasteiger partial charge is 0.296 e. The highest BCUT2D eigenvalue weighted by Gasteiger charge is 2.22. The molecule has 244 valence electrons. The Bertz CT molecular complexity index is 2630. The van der Waals surface area contributed by atoms with Crippen molar-refractivity contribution in [3.63, 3.8) is 0 Å². The van der Waals surface area contributed by atoms with E-state index in [1.165, 1.54) is 0 Å². The van der Waals surface area contributed by atoms with Crippen molar-refractivity contribution in [2.24, 2.45) is 0 Å². The van der Waals surface area contributed by atoms with E-state index in [0.29, 0.717) is 0 Å². The number of allylic oxidation sites excluding steroid dienone is 4. The Kier molecular flexibility index (Phi) is 7.47. The number of imidazole rings is 3. The number of nitrogens with zero attached hydrogens (tertiary/aromatic N) is 6. The van der Waals surface area contributed by atoms with Crippen molar-refractivity contribution in [3.05, 3.63) is 170 Å². The fourth-order valence-corrected chi connectivity index (χ4v) is 7.02. The molecule has 0 N–H and O–H groups in total. The van der Waals surface area contributed by atoms with Gasteiger partial charge >= 0.3 is 0 Å². The Morgan fingerprint density at radius 3 is 1.35 bits per heavy atom. The molecular formula is C45H34N6. The Morgan fingerprint density at radius 1 is 0.471 bits per heavy atom. The number of para-hydroxylation sites is 8. The van der Waals surface area contributed by atoms with Crippen molar-refractivity contribution in [1.29, 1.82) is 0 Å². The molecule has 3 heterocycles. The molecule has 0 amide bonds. The van der Waals surface area contributed by atoms with Crippen LogP contribution in [-0.2, 0) is 0 Å². The van der Waals surface area contributed by atoms with Gasteiger partial charge in [-0.3, -0.25) is 13.7 Å². The van der Waals surface area contributed by atoms with Crippen molar-refractivity contribution in [2.45, 2.75) is 13.8 Å². The first-order valence-corrected chi connectivity index (χ1v) is 17.2. The standard InChI is InChI=1S/C45H34N6/c1-3-4-17-31(2)49-40-25-14-11-22-37(40)46-43(49)32-28-33(44-47-38-23-12-15-26-41(38)50(44)35-18-7-5-8-19-35)30-34(29-32)45-48-39-24-13-16-27-42(39)51(45)36-20-9-6-10-21-36/h3-30H,1-2H3/b4-3-,31-17+. The fourth-order valence-electron chi connectivity index (χ4n) is 7.02. The zero-order valence-electron chi connectivity index (χ0n) is 28.3. The zero-order chi connectivity index (χ0) is 34.3. The van der Waals surface area contributed by atoms with Gasteiger partial charge in [0, 0.05) is 33.8 Å². The van der Waals surface area contributed by atoms with Gasteiger partial charge in [-0.05, 0) is 98.8 Å². The van der Waals surface area contributed by atoms with Crippen LogP contribution in [0.2, 0.25) is 0 Å². The third kappa shape index (κ3) is 5.25. The maximum Gasteiger partial charge on any atom is 0.145 e. The van der Waals surface area contributed by atoms with E-state index in [1.807, 2.05) is 43.3 Å². The van der Waals surface area contributed by atoms with Crippen LogP contribution in [0.4, 0.5) is 0 Å². The maximum absolute atomic E-state index is 5.28. The molecule has 0 saturated heterocycles. The highest BCUT2D eigenvalue weighted by atomic mass is 15.1. The lowest BCUT2D eigenvalue weighted by atomic mass is 10.0. The second-order valence-corrected chi connectivity index (χ2v) is 12.6. The van der Waals surface area contributed by atoms with Crippen LogP contribution in [0, 0.1) is 0 Å². The van der Waals surface area contributed by atoms with Gasteiger partial charge in [0.05, 0.1) is 33.1 Å². The molecule has 0 spiro atoms. The molecule has 3 aromatic heterocycles. The van der Waals surface area contributed by atoms with Crippen molar-refractivity contribution < 1.29 is 0 Å². The molecule has 6 heteroatoms. The molecule has 0 fully saturated rings. The first-order valence-electron chi connectivity index (χ1n) is 17.2. The monoisotopic (exact) mass is 658 g/mol. The predicted molar refractivity (Wildman–Crippen MR) is 210 cm³/mol. The molecule has 0 radical (unpaired) electrons. The Balaban J connectivity index is 1.39. The topological polar surface area (TPSA) is 53.5 Å². The Morgan fingerprint density at radius 2 is 0.863 bits per heavy atom. The molecular weight excluding hydrogens is 625 g/mol. The molecule has 6 aromatic carbocycles. The predicted octanol–water partition coefficient (Wildman–Crippen LogP) is 11.2. The number of rotatable bonds is 7. The molecule has 6 nitrogen and oxygen atoms in total. The van der Waals surface area contributed by atoms with Crippen molar-refractivity contribution >= 4 is 38.8 Å². The number of benzene rings is 6. The van der Waals surface area contributed by atoms with E-state index < -0.39 is 0 Å². The molecule has 9 rings (SSSR count). The summed E-state index contributed by atoms with van der Waals surface area (Å²) in [6.07, 6.45) is 6.25. The number of hydrogen-bond acceptors (Lipinski definition) is 3. The summed E-state index contributed by atoms with van der Waals surface area (Å²) in [5.74, 6) is 2.54. The van der Waals surface area contributed by atoms with Gasteiger partial charge in [-0.2, -0.15) is 0 Å². The van der Waals surface area contributed by atoms with Gasteiger partial charge in [-0.1, -0.05) is 84.9 Å². The molecule has 0 aliphatic heterocycles. The van der Waals surface area contributed by atoms with Crippen LogP contribution in [0.15, 0.2) is 170 Å². The molecule has 0 bridgehead atoms. The summed E-state index contributed by atoms with van der Waals surface area (Å²) >= 11 is 0. The summed E-state index contributed by atoms with van der Waals surface area (Å²) in [6, 6.07) is 52.5. The van der Waals surface area contributed by atoms with E-state index in [4.69, 9.17) is 15.0 Å². The summed E-state index contributed by atoms with van der Waals surface area (Å²) in [5, 5.41) is 0. The van der Waals surface area contributed by atoms with Crippen LogP contribution in [0.1, 0.15) is 13.8 Å². The molecule has 9 aromatic rings. The average Bonchev–Trinajstić information content (AvgIpc) is 3.89. The van der Waals surface area contributed by atoms with E-state index >= 15 is 0 Å². The molecule has 0 atom stereocenters. The van der Waals surface area contributed by atoms with Gasteiger partial charge in [-0.15, -0.1) is 0 Å². The Hall–Kier alpha value is -6.79. The third-order valence-electron chi connectivity index (χ3n) is 9.30. The minimum absolute atomic E-state index is 0.844. The summed E-state index contributed by atoms with van der Waals surface area (Å²) in [7, 11) is 0. The summed E-state index contributed by atoms with van der Waals surface area (Å²) in [5.41, 5.74) is 12.0. The second-order valence-electron chi connectivity index (χ2n) is 12.6. The minimum atomic E-state index is 0.844. The fraction of sp³-hybridized carbons (Fsp3) is 0.0444. The Labute approximate surface area is 295 Å². The number of fused-ring (bicyclic) bond motifs is 3. The smallest absolute Gasteiger partial charge is 0.145 e. The van der Waals surface area contributed by atoms with Gasteiger partial charge in [-0.25, -0.2) is 15.0 Å². The average molecular weight is 659 g/mol. The van der Waals surface area contributed by atoms with Crippen LogP contribution < -0.4 is 0 Å². The lowest BCUT2D eigenvalue weighted by Crippen LogP contribution is -2.02. The lowest BCUT2D eigenvalue weighted by Gasteiger charge is -2.15. The number of hydrogen-bond donors (Lipinski definition) is 0. The van der Waals surface area contributed by atoms with Crippen LogP contribution in [0.25, 0.3) is 84.3 Å². The quantitative estimate of drug-likeness (QED) is 0.160. The van der Waals surface area contributed by atoms with Gasteiger partial charge in [0.1, 0.15) is 17.5 Å². The van der Waals surface area contributed by atoms with Crippen LogP contribution in [0.3, 0.4) is 0 Å². The molecule has 0 aliphatic rings. The van der Waals surface area contributed by atoms with Gasteiger partial charge < -0.3 is 0 Å². The van der Waals surface area contributed by atoms with Crippen molar-refractivity contribution in [2.75, 3.05) is 0 Å². The van der Waals surface area contributed by atoms with E-state index in [1.54, 1.807) is 0 Å². The van der Waals surface area contributed by atoms with Gasteiger partial charge in [0.25, 0.3) is 0 Å². The van der Waals surface area contributed by atoms with Crippen LogP contribution >= 0.6 is 0 Å². The van der Waals surface area contributed by atoms with E-state index in [-0.39, 0.29) is 0 Å². The van der Waals surface area contributed by atoms with Crippen molar-refractivity contribution in [1.82, 2.24) is 28.7 Å². The molecule has 0 saturated carbocycles. The minimum Gasteiger partial charge on any atom is -0.296 e. The highest BCUT2D eigenvalue weighted by molar-refractivity contribution is 5.90. The normalized spacial score (nSPS) is 12.2. The van der Waals surface area contributed by atoms with E-state index in [0.717, 1.165) is 84.3 Å². The molecule has 0 aliphatic carbocycles. The molecule has 51 heavy (non-hydrogen) atoms. The van der Waals surface area contributed by atoms with Crippen LogP contribution in [-0.4, -0.2) is 28.7 Å². The maximum atomic E-state index is 5.28. The first-order chi connectivity index (χ1) is 25.2. The van der Waals surface area contributed by atoms with Gasteiger partial charge in [0.15, 0.2) is 0 Å². The van der Waals surface area contributed by atoms with Crippen molar-refractivity contribution in [3.8, 4) is 45.5 Å². The van der Waals surface area contributed by atoms with E-state index in [2.05, 4.69) is 154 Å². The van der Waals surface area contributed by atoms with Crippen LogP contribution in [0.5, 0.6) is 0 Å². The lowest BCUT2D eigenvalue weighted by molar-refractivity contribution is 1.09. The van der Waals surface area contributed by atoms with Gasteiger partial charge in [0.2, 0.25) is 0 Å². The molecule has 0 unspecified atom stereocenters. The highest BCUT2D eigenvalue weighted by Crippen LogP contribution is 2.38. The second kappa shape index (κ2) is 12.6.